The maximum absolute atomic E-state index is 5.86. The van der Waals surface area contributed by atoms with Gasteiger partial charge in [0, 0.05) is 0 Å². The summed E-state index contributed by atoms with van der Waals surface area (Å²) in [5.41, 5.74) is 11.7. The first-order valence-electron chi connectivity index (χ1n) is 5.78. The van der Waals surface area contributed by atoms with Crippen LogP contribution in [0.15, 0.2) is 0 Å². The van der Waals surface area contributed by atoms with Crippen LogP contribution in [0.25, 0.3) is 0 Å². The van der Waals surface area contributed by atoms with Crippen LogP contribution in [-0.4, -0.2) is 6.17 Å². The summed E-state index contributed by atoms with van der Waals surface area (Å²) in [7, 11) is 0. The molecule has 2 nitrogen and oxygen atoms in total. The van der Waals surface area contributed by atoms with E-state index >= 15 is 0 Å². The fourth-order valence-electron chi connectivity index (χ4n) is 4.58. The second-order valence-corrected chi connectivity index (χ2v) is 5.39. The maximum Gasteiger partial charge on any atom is 0.0552 e. The summed E-state index contributed by atoms with van der Waals surface area (Å²) in [5, 5.41) is 0. The monoisotopic (exact) mass is 180 g/mol. The van der Waals surface area contributed by atoms with Crippen molar-refractivity contribution >= 4 is 0 Å². The molecule has 0 radical (unpaired) electrons. The van der Waals surface area contributed by atoms with Crippen molar-refractivity contribution in [2.24, 2.45) is 41.1 Å². The number of fused-ring (bicyclic) bond motifs is 5. The number of hydrogen-bond acceptors (Lipinski definition) is 2. The molecular formula is C11H20N2. The molecule has 5 unspecified atom stereocenters. The first kappa shape index (κ1) is 8.25. The molecule has 74 valence electrons. The van der Waals surface area contributed by atoms with E-state index in [1.54, 1.807) is 0 Å². The van der Waals surface area contributed by atoms with Gasteiger partial charge in [0.1, 0.15) is 0 Å². The van der Waals surface area contributed by atoms with Crippen LogP contribution in [0.2, 0.25) is 0 Å². The third kappa shape index (κ3) is 1.02. The standard InChI is InChI=1S/C11H20N2/c12-11(13)9-4-3-8-6-1-2-7(5-6)10(8)9/h6-11H,1-5,12-13H2. The quantitative estimate of drug-likeness (QED) is 0.598. The van der Waals surface area contributed by atoms with Gasteiger partial charge in [0.15, 0.2) is 0 Å². The smallest absolute Gasteiger partial charge is 0.0552 e. The molecule has 3 rings (SSSR count). The third-order valence-electron chi connectivity index (χ3n) is 4.98. The van der Waals surface area contributed by atoms with E-state index in [1.165, 1.54) is 32.1 Å². The van der Waals surface area contributed by atoms with E-state index < -0.39 is 0 Å². The van der Waals surface area contributed by atoms with Crippen LogP contribution >= 0.6 is 0 Å². The molecular weight excluding hydrogens is 160 g/mol. The van der Waals surface area contributed by atoms with Gasteiger partial charge in [-0.05, 0) is 61.7 Å². The molecule has 4 N–H and O–H groups in total. The van der Waals surface area contributed by atoms with Crippen molar-refractivity contribution < 1.29 is 0 Å². The third-order valence-corrected chi connectivity index (χ3v) is 4.98. The Morgan fingerprint density at radius 3 is 2.46 bits per heavy atom. The van der Waals surface area contributed by atoms with Crippen molar-refractivity contribution in [1.29, 1.82) is 0 Å². The van der Waals surface area contributed by atoms with Crippen LogP contribution in [0.3, 0.4) is 0 Å². The van der Waals surface area contributed by atoms with Gasteiger partial charge in [-0.1, -0.05) is 0 Å². The van der Waals surface area contributed by atoms with Gasteiger partial charge >= 0.3 is 0 Å². The topological polar surface area (TPSA) is 52.0 Å². The Morgan fingerprint density at radius 2 is 1.69 bits per heavy atom. The Labute approximate surface area is 80.1 Å². The zero-order valence-corrected chi connectivity index (χ0v) is 8.15. The second-order valence-electron chi connectivity index (χ2n) is 5.39. The molecule has 0 aliphatic heterocycles. The molecule has 0 amide bonds. The number of hydrogen-bond donors (Lipinski definition) is 2. The summed E-state index contributed by atoms with van der Waals surface area (Å²) in [5.74, 6) is 4.63. The number of nitrogens with two attached hydrogens (primary N) is 2. The van der Waals surface area contributed by atoms with Gasteiger partial charge < -0.3 is 11.5 Å². The summed E-state index contributed by atoms with van der Waals surface area (Å²) in [6.07, 6.45) is 7.14. The minimum atomic E-state index is -0.0469. The van der Waals surface area contributed by atoms with Crippen LogP contribution in [0.1, 0.15) is 32.1 Å². The van der Waals surface area contributed by atoms with Gasteiger partial charge in [-0.25, -0.2) is 0 Å². The van der Waals surface area contributed by atoms with E-state index in [-0.39, 0.29) is 6.17 Å². The predicted molar refractivity (Wildman–Crippen MR) is 52.7 cm³/mol. The Hall–Kier alpha value is -0.0800. The van der Waals surface area contributed by atoms with Gasteiger partial charge in [0.2, 0.25) is 0 Å². The molecule has 0 aromatic rings. The lowest BCUT2D eigenvalue weighted by molar-refractivity contribution is 0.193. The highest BCUT2D eigenvalue weighted by Crippen LogP contribution is 2.60. The molecule has 3 aliphatic carbocycles. The summed E-state index contributed by atoms with van der Waals surface area (Å²) in [6.45, 7) is 0. The van der Waals surface area contributed by atoms with E-state index in [0.29, 0.717) is 5.92 Å². The van der Waals surface area contributed by atoms with Crippen molar-refractivity contribution in [2.45, 2.75) is 38.3 Å². The highest BCUT2D eigenvalue weighted by atomic mass is 14.9. The lowest BCUT2D eigenvalue weighted by atomic mass is 9.77. The van der Waals surface area contributed by atoms with Crippen molar-refractivity contribution in [2.75, 3.05) is 0 Å². The highest BCUT2D eigenvalue weighted by molar-refractivity contribution is 5.03. The Balaban J connectivity index is 1.83. The normalized spacial score (nSPS) is 53.3. The van der Waals surface area contributed by atoms with Crippen LogP contribution in [0, 0.1) is 29.6 Å². The molecule has 0 heterocycles. The van der Waals surface area contributed by atoms with E-state index in [0.717, 1.165) is 23.7 Å². The summed E-state index contributed by atoms with van der Waals surface area (Å²) < 4.78 is 0. The lowest BCUT2D eigenvalue weighted by Crippen LogP contribution is -2.42. The van der Waals surface area contributed by atoms with Crippen molar-refractivity contribution in [3.05, 3.63) is 0 Å². The zero-order valence-electron chi connectivity index (χ0n) is 8.15. The van der Waals surface area contributed by atoms with E-state index in [1.807, 2.05) is 0 Å². The lowest BCUT2D eigenvalue weighted by Gasteiger charge is -2.30. The predicted octanol–water partition coefficient (Wildman–Crippen LogP) is 1.30. The van der Waals surface area contributed by atoms with E-state index in [9.17, 15) is 0 Å². The molecule has 13 heavy (non-hydrogen) atoms. The summed E-state index contributed by atoms with van der Waals surface area (Å²) in [6, 6.07) is 0. The first-order chi connectivity index (χ1) is 6.27. The molecule has 3 fully saturated rings. The van der Waals surface area contributed by atoms with Gasteiger partial charge in [-0.2, -0.15) is 0 Å². The molecule has 3 saturated carbocycles. The zero-order chi connectivity index (χ0) is 9.00. The Morgan fingerprint density at radius 1 is 0.923 bits per heavy atom. The minimum Gasteiger partial charge on any atom is -0.316 e. The van der Waals surface area contributed by atoms with Gasteiger partial charge in [-0.15, -0.1) is 0 Å². The highest BCUT2D eigenvalue weighted by Gasteiger charge is 2.53. The minimum absolute atomic E-state index is 0.0469. The van der Waals surface area contributed by atoms with Crippen molar-refractivity contribution in [1.82, 2.24) is 0 Å². The van der Waals surface area contributed by atoms with E-state index in [4.69, 9.17) is 11.5 Å². The van der Waals surface area contributed by atoms with Crippen molar-refractivity contribution in [3.8, 4) is 0 Å². The van der Waals surface area contributed by atoms with Crippen LogP contribution in [-0.2, 0) is 0 Å². The van der Waals surface area contributed by atoms with Gasteiger partial charge in [-0.3, -0.25) is 0 Å². The van der Waals surface area contributed by atoms with Gasteiger partial charge in [0.25, 0.3) is 0 Å². The van der Waals surface area contributed by atoms with Gasteiger partial charge in [0.05, 0.1) is 6.17 Å². The molecule has 0 aromatic heterocycles. The first-order valence-corrected chi connectivity index (χ1v) is 5.78. The molecule has 5 atom stereocenters. The Bertz CT molecular complexity index is 214. The average molecular weight is 180 g/mol. The second kappa shape index (κ2) is 2.71. The van der Waals surface area contributed by atoms with Crippen molar-refractivity contribution in [3.63, 3.8) is 0 Å². The summed E-state index contributed by atoms with van der Waals surface area (Å²) >= 11 is 0. The molecule has 2 heteroatoms. The summed E-state index contributed by atoms with van der Waals surface area (Å²) in [4.78, 5) is 0. The van der Waals surface area contributed by atoms with Crippen LogP contribution < -0.4 is 11.5 Å². The van der Waals surface area contributed by atoms with Crippen LogP contribution in [0.4, 0.5) is 0 Å². The molecule has 0 saturated heterocycles. The fourth-order valence-corrected chi connectivity index (χ4v) is 4.58. The largest absolute Gasteiger partial charge is 0.316 e. The Kier molecular flexibility index (Phi) is 1.72. The molecule has 0 aromatic carbocycles. The fraction of sp³-hybridized carbons (Fsp3) is 1.00. The molecule has 3 aliphatic rings. The molecule has 2 bridgehead atoms. The maximum atomic E-state index is 5.86. The number of rotatable bonds is 1. The van der Waals surface area contributed by atoms with E-state index in [2.05, 4.69) is 0 Å². The SMILES string of the molecule is NC(N)C1CCC2C3CCC(C3)C12. The average Bonchev–Trinajstić information content (AvgIpc) is 2.76. The molecule has 0 spiro atoms. The van der Waals surface area contributed by atoms with Crippen LogP contribution in [0.5, 0.6) is 0 Å².